The first-order valence-corrected chi connectivity index (χ1v) is 7.51. The number of esters is 1. The van der Waals surface area contributed by atoms with Crippen LogP contribution in [0.4, 0.5) is 5.69 Å². The van der Waals surface area contributed by atoms with Gasteiger partial charge in [0.2, 0.25) is 6.79 Å². The number of hydrogen-bond acceptors (Lipinski definition) is 5. The third-order valence-corrected chi connectivity index (χ3v) is 3.55. The molecule has 0 saturated carbocycles. The molecule has 1 N–H and O–H groups in total. The van der Waals surface area contributed by atoms with E-state index in [0.29, 0.717) is 22.7 Å². The van der Waals surface area contributed by atoms with Gasteiger partial charge in [0.15, 0.2) is 17.6 Å². The van der Waals surface area contributed by atoms with Gasteiger partial charge in [0.05, 0.1) is 5.56 Å². The van der Waals surface area contributed by atoms with Crippen LogP contribution >= 0.6 is 0 Å². The Morgan fingerprint density at radius 1 is 1.12 bits per heavy atom. The fourth-order valence-corrected chi connectivity index (χ4v) is 2.27. The molecule has 0 fully saturated rings. The Balaban J connectivity index is 1.61. The summed E-state index contributed by atoms with van der Waals surface area (Å²) in [6.45, 7) is 3.57. The van der Waals surface area contributed by atoms with Gasteiger partial charge in [-0.1, -0.05) is 17.7 Å². The summed E-state index contributed by atoms with van der Waals surface area (Å²) in [5, 5.41) is 2.69. The van der Waals surface area contributed by atoms with Crippen molar-refractivity contribution in [1.29, 1.82) is 0 Å². The summed E-state index contributed by atoms with van der Waals surface area (Å²) in [5.41, 5.74) is 1.90. The second kappa shape index (κ2) is 6.62. The van der Waals surface area contributed by atoms with Crippen molar-refractivity contribution in [2.75, 3.05) is 12.1 Å². The molecular formula is C18H17NO5. The smallest absolute Gasteiger partial charge is 0.338 e. The lowest BCUT2D eigenvalue weighted by atomic mass is 10.1. The van der Waals surface area contributed by atoms with Crippen molar-refractivity contribution in [2.45, 2.75) is 20.0 Å². The van der Waals surface area contributed by atoms with Gasteiger partial charge < -0.3 is 19.5 Å². The molecule has 0 spiro atoms. The molecule has 6 heteroatoms. The van der Waals surface area contributed by atoms with Crippen LogP contribution in [0.5, 0.6) is 11.5 Å². The average molecular weight is 327 g/mol. The first-order chi connectivity index (χ1) is 11.5. The highest BCUT2D eigenvalue weighted by molar-refractivity contribution is 5.97. The van der Waals surface area contributed by atoms with Crippen molar-refractivity contribution in [3.63, 3.8) is 0 Å². The van der Waals surface area contributed by atoms with Crippen LogP contribution in [0, 0.1) is 6.92 Å². The van der Waals surface area contributed by atoms with Crippen molar-refractivity contribution in [3.8, 4) is 11.5 Å². The number of carbonyl (C=O) groups is 2. The Hall–Kier alpha value is -3.02. The SMILES string of the molecule is Cc1cccc(C(=O)O[C@@H](C)C(=O)Nc2ccc3c(c2)OCO3)c1. The normalized spacial score (nSPS) is 13.2. The maximum Gasteiger partial charge on any atom is 0.338 e. The van der Waals surface area contributed by atoms with Gasteiger partial charge in [-0.3, -0.25) is 4.79 Å². The molecule has 1 heterocycles. The molecule has 2 aromatic carbocycles. The third kappa shape index (κ3) is 3.48. The Bertz CT molecular complexity index is 787. The molecule has 0 unspecified atom stereocenters. The number of rotatable bonds is 4. The fourth-order valence-electron chi connectivity index (χ4n) is 2.27. The fraction of sp³-hybridized carbons (Fsp3) is 0.222. The molecule has 24 heavy (non-hydrogen) atoms. The zero-order valence-electron chi connectivity index (χ0n) is 13.4. The molecule has 1 atom stereocenters. The molecule has 0 bridgehead atoms. The van der Waals surface area contributed by atoms with Crippen LogP contribution in [0.25, 0.3) is 0 Å². The largest absolute Gasteiger partial charge is 0.454 e. The van der Waals surface area contributed by atoms with Crippen molar-refractivity contribution < 1.29 is 23.8 Å². The van der Waals surface area contributed by atoms with E-state index in [-0.39, 0.29) is 6.79 Å². The maximum absolute atomic E-state index is 12.2. The van der Waals surface area contributed by atoms with Crippen molar-refractivity contribution >= 4 is 17.6 Å². The van der Waals surface area contributed by atoms with Gasteiger partial charge in [-0.15, -0.1) is 0 Å². The predicted molar refractivity (Wildman–Crippen MR) is 87.3 cm³/mol. The van der Waals surface area contributed by atoms with E-state index in [1.54, 1.807) is 36.4 Å². The molecule has 3 rings (SSSR count). The molecule has 0 aliphatic carbocycles. The molecule has 0 saturated heterocycles. The van der Waals surface area contributed by atoms with Gasteiger partial charge in [-0.05, 0) is 38.1 Å². The highest BCUT2D eigenvalue weighted by atomic mass is 16.7. The van der Waals surface area contributed by atoms with Gasteiger partial charge in [-0.25, -0.2) is 4.79 Å². The van der Waals surface area contributed by atoms with E-state index in [9.17, 15) is 9.59 Å². The quantitative estimate of drug-likeness (QED) is 0.874. The number of aryl methyl sites for hydroxylation is 1. The minimum absolute atomic E-state index is 0.164. The van der Waals surface area contributed by atoms with Crippen molar-refractivity contribution in [2.24, 2.45) is 0 Å². The van der Waals surface area contributed by atoms with Crippen LogP contribution in [-0.2, 0) is 9.53 Å². The summed E-state index contributed by atoms with van der Waals surface area (Å²) in [5.74, 6) is 0.242. The van der Waals surface area contributed by atoms with Crippen LogP contribution in [0.3, 0.4) is 0 Å². The third-order valence-electron chi connectivity index (χ3n) is 3.55. The van der Waals surface area contributed by atoms with Gasteiger partial charge in [0, 0.05) is 11.8 Å². The summed E-state index contributed by atoms with van der Waals surface area (Å²) >= 11 is 0. The molecule has 0 aromatic heterocycles. The van der Waals surface area contributed by atoms with Gasteiger partial charge in [0.1, 0.15) is 0 Å². The number of benzene rings is 2. The Morgan fingerprint density at radius 2 is 1.92 bits per heavy atom. The monoisotopic (exact) mass is 327 g/mol. The molecule has 1 aliphatic rings. The molecule has 1 amide bonds. The Morgan fingerprint density at radius 3 is 2.71 bits per heavy atom. The highest BCUT2D eigenvalue weighted by Gasteiger charge is 2.20. The Labute approximate surface area is 139 Å². The van der Waals surface area contributed by atoms with Crippen molar-refractivity contribution in [3.05, 3.63) is 53.6 Å². The summed E-state index contributed by atoms with van der Waals surface area (Å²) in [4.78, 5) is 24.3. The number of ether oxygens (including phenoxy) is 3. The van der Waals surface area contributed by atoms with Crippen LogP contribution in [0.15, 0.2) is 42.5 Å². The van der Waals surface area contributed by atoms with E-state index in [2.05, 4.69) is 5.32 Å². The standard InChI is InChI=1S/C18H17NO5/c1-11-4-3-5-13(8-11)18(21)24-12(2)17(20)19-14-6-7-15-16(9-14)23-10-22-15/h3-9,12H,10H2,1-2H3,(H,19,20)/t12-/m0/s1. The average Bonchev–Trinajstić information content (AvgIpc) is 3.02. The molecular weight excluding hydrogens is 310 g/mol. The molecule has 124 valence electrons. The second-order valence-electron chi connectivity index (χ2n) is 5.47. The lowest BCUT2D eigenvalue weighted by Gasteiger charge is -2.14. The number of fused-ring (bicyclic) bond motifs is 1. The lowest BCUT2D eigenvalue weighted by Crippen LogP contribution is -2.30. The van der Waals surface area contributed by atoms with E-state index in [1.807, 2.05) is 13.0 Å². The van der Waals surface area contributed by atoms with E-state index < -0.39 is 18.0 Å². The van der Waals surface area contributed by atoms with E-state index in [0.717, 1.165) is 5.56 Å². The maximum atomic E-state index is 12.2. The first kappa shape index (κ1) is 15.9. The molecule has 2 aromatic rings. The van der Waals surface area contributed by atoms with E-state index >= 15 is 0 Å². The van der Waals surface area contributed by atoms with E-state index in [1.165, 1.54) is 6.92 Å². The number of amides is 1. The highest BCUT2D eigenvalue weighted by Crippen LogP contribution is 2.34. The molecule has 0 radical (unpaired) electrons. The van der Waals surface area contributed by atoms with Gasteiger partial charge in [-0.2, -0.15) is 0 Å². The first-order valence-electron chi connectivity index (χ1n) is 7.51. The number of anilines is 1. The van der Waals surface area contributed by atoms with Gasteiger partial charge >= 0.3 is 5.97 Å². The predicted octanol–water partition coefficient (Wildman–Crippen LogP) is 2.91. The topological polar surface area (TPSA) is 73.9 Å². The molecule has 1 aliphatic heterocycles. The summed E-state index contributed by atoms with van der Waals surface area (Å²) in [6, 6.07) is 12.1. The number of hydrogen-bond donors (Lipinski definition) is 1. The molecule has 6 nitrogen and oxygen atoms in total. The zero-order chi connectivity index (χ0) is 17.1. The lowest BCUT2D eigenvalue weighted by molar-refractivity contribution is -0.123. The summed E-state index contributed by atoms with van der Waals surface area (Å²) < 4.78 is 15.7. The van der Waals surface area contributed by atoms with E-state index in [4.69, 9.17) is 14.2 Å². The van der Waals surface area contributed by atoms with Crippen LogP contribution in [0.1, 0.15) is 22.8 Å². The minimum atomic E-state index is -0.927. The Kier molecular flexibility index (Phi) is 4.37. The zero-order valence-corrected chi connectivity index (χ0v) is 13.4. The minimum Gasteiger partial charge on any atom is -0.454 e. The van der Waals surface area contributed by atoms with Crippen LogP contribution in [0.2, 0.25) is 0 Å². The number of nitrogens with one attached hydrogen (secondary N) is 1. The summed E-state index contributed by atoms with van der Waals surface area (Å²) in [7, 11) is 0. The number of carbonyl (C=O) groups excluding carboxylic acids is 2. The van der Waals surface area contributed by atoms with Crippen molar-refractivity contribution in [1.82, 2.24) is 0 Å². The van der Waals surface area contributed by atoms with Gasteiger partial charge in [0.25, 0.3) is 5.91 Å². The second-order valence-corrected chi connectivity index (χ2v) is 5.47. The van der Waals surface area contributed by atoms with Crippen LogP contribution in [-0.4, -0.2) is 24.8 Å². The van der Waals surface area contributed by atoms with Crippen LogP contribution < -0.4 is 14.8 Å². The summed E-state index contributed by atoms with van der Waals surface area (Å²) in [6.07, 6.45) is -0.927.